The van der Waals surface area contributed by atoms with Crippen LogP contribution in [0.5, 0.6) is 0 Å². The van der Waals surface area contributed by atoms with Crippen molar-refractivity contribution < 1.29 is 5.11 Å². The highest BCUT2D eigenvalue weighted by molar-refractivity contribution is 5.14. The Morgan fingerprint density at radius 1 is 1.58 bits per heavy atom. The van der Waals surface area contributed by atoms with Gasteiger partial charge in [-0.2, -0.15) is 0 Å². The lowest BCUT2D eigenvalue weighted by molar-refractivity contribution is 0.212. The highest BCUT2D eigenvalue weighted by Gasteiger charge is 2.04. The topological polar surface area (TPSA) is 33.1 Å². The molecule has 1 rings (SSSR count). The first kappa shape index (κ1) is 8.94. The van der Waals surface area contributed by atoms with Crippen LogP contribution in [0, 0.1) is 0 Å². The quantitative estimate of drug-likeness (QED) is 0.686. The van der Waals surface area contributed by atoms with E-state index in [-0.39, 0.29) is 0 Å². The minimum Gasteiger partial charge on any atom is -0.388 e. The monoisotopic (exact) mass is 163 g/mol. The lowest BCUT2D eigenvalue weighted by Crippen LogP contribution is -2.10. The molecule has 1 aromatic rings. The average Bonchev–Trinajstić information content (AvgIpc) is 2.06. The number of hydrogen-bond donors (Lipinski definition) is 1. The van der Waals surface area contributed by atoms with Crippen molar-refractivity contribution in [1.82, 2.24) is 4.98 Å². The Bertz CT molecular complexity index is 256. The Morgan fingerprint density at radius 3 is 2.67 bits per heavy atom. The van der Waals surface area contributed by atoms with Gasteiger partial charge < -0.3 is 5.11 Å². The van der Waals surface area contributed by atoms with Crippen molar-refractivity contribution in [3.05, 3.63) is 42.2 Å². The van der Waals surface area contributed by atoms with Crippen LogP contribution in [0.2, 0.25) is 0 Å². The molecule has 1 N–H and O–H groups in total. The lowest BCUT2D eigenvalue weighted by atomic mass is 10.1. The predicted octanol–water partition coefficient (Wildman–Crippen LogP) is 1.56. The van der Waals surface area contributed by atoms with Crippen LogP contribution < -0.4 is 0 Å². The van der Waals surface area contributed by atoms with Crippen molar-refractivity contribution in [2.24, 2.45) is 0 Å². The van der Waals surface area contributed by atoms with Gasteiger partial charge in [0.2, 0.25) is 0 Å². The standard InChI is InChI=1S/C10H13NO/c1-8(2)10(12)7-9-3-5-11-6-4-9/h3-6,10,12H,1,7H2,2H3. The maximum Gasteiger partial charge on any atom is 0.0785 e. The number of hydrogen-bond acceptors (Lipinski definition) is 2. The molecule has 1 aromatic heterocycles. The Labute approximate surface area is 72.6 Å². The third-order valence-electron chi connectivity index (χ3n) is 1.75. The van der Waals surface area contributed by atoms with Crippen LogP contribution in [0.1, 0.15) is 12.5 Å². The van der Waals surface area contributed by atoms with Gasteiger partial charge >= 0.3 is 0 Å². The Kier molecular flexibility index (Phi) is 3.00. The lowest BCUT2D eigenvalue weighted by Gasteiger charge is -2.08. The summed E-state index contributed by atoms with van der Waals surface area (Å²) in [6, 6.07) is 3.79. The summed E-state index contributed by atoms with van der Waals surface area (Å²) in [5.41, 5.74) is 1.88. The van der Waals surface area contributed by atoms with Gasteiger partial charge in [-0.25, -0.2) is 0 Å². The second-order valence-corrected chi connectivity index (χ2v) is 2.92. The van der Waals surface area contributed by atoms with Gasteiger partial charge in [0, 0.05) is 18.8 Å². The molecule has 1 unspecified atom stereocenters. The maximum atomic E-state index is 9.46. The molecule has 1 atom stereocenters. The van der Waals surface area contributed by atoms with Crippen molar-refractivity contribution in [2.75, 3.05) is 0 Å². The van der Waals surface area contributed by atoms with Crippen LogP contribution in [0.4, 0.5) is 0 Å². The Morgan fingerprint density at radius 2 is 2.17 bits per heavy atom. The van der Waals surface area contributed by atoms with Gasteiger partial charge in [-0.3, -0.25) is 4.98 Å². The van der Waals surface area contributed by atoms with Crippen molar-refractivity contribution in [2.45, 2.75) is 19.4 Å². The molecule has 2 nitrogen and oxygen atoms in total. The fraction of sp³-hybridized carbons (Fsp3) is 0.300. The minimum absolute atomic E-state index is 0.438. The normalized spacial score (nSPS) is 12.5. The second kappa shape index (κ2) is 4.02. The molecule has 0 aliphatic rings. The first-order chi connectivity index (χ1) is 5.70. The molecule has 0 spiro atoms. The fourth-order valence-corrected chi connectivity index (χ4v) is 0.916. The smallest absolute Gasteiger partial charge is 0.0785 e. The van der Waals surface area contributed by atoms with E-state index in [0.29, 0.717) is 6.42 Å². The zero-order valence-corrected chi connectivity index (χ0v) is 7.20. The zero-order chi connectivity index (χ0) is 8.97. The molecule has 0 amide bonds. The van der Waals surface area contributed by atoms with E-state index >= 15 is 0 Å². The van der Waals surface area contributed by atoms with Gasteiger partial charge in [0.25, 0.3) is 0 Å². The van der Waals surface area contributed by atoms with E-state index in [0.717, 1.165) is 11.1 Å². The van der Waals surface area contributed by atoms with Crippen LogP contribution in [-0.4, -0.2) is 16.2 Å². The van der Waals surface area contributed by atoms with Gasteiger partial charge in [-0.1, -0.05) is 12.2 Å². The van der Waals surface area contributed by atoms with E-state index < -0.39 is 6.10 Å². The van der Waals surface area contributed by atoms with E-state index in [1.807, 2.05) is 19.1 Å². The van der Waals surface area contributed by atoms with Crippen molar-refractivity contribution in [1.29, 1.82) is 0 Å². The number of aromatic nitrogens is 1. The molecule has 0 fully saturated rings. The van der Waals surface area contributed by atoms with E-state index in [9.17, 15) is 5.11 Å². The average molecular weight is 163 g/mol. The van der Waals surface area contributed by atoms with E-state index in [1.54, 1.807) is 12.4 Å². The number of rotatable bonds is 3. The molecule has 0 aromatic carbocycles. The third-order valence-corrected chi connectivity index (χ3v) is 1.75. The molecule has 1 heterocycles. The third kappa shape index (κ3) is 2.47. The van der Waals surface area contributed by atoms with Gasteiger partial charge in [0.05, 0.1) is 6.10 Å². The number of aliphatic hydroxyl groups is 1. The van der Waals surface area contributed by atoms with Gasteiger partial charge in [-0.05, 0) is 24.6 Å². The summed E-state index contributed by atoms with van der Waals surface area (Å²) in [6.07, 6.45) is 3.63. The molecular weight excluding hydrogens is 150 g/mol. The molecule has 0 aliphatic carbocycles. The fourth-order valence-electron chi connectivity index (χ4n) is 0.916. The SMILES string of the molecule is C=C(C)C(O)Cc1ccncc1. The Hall–Kier alpha value is -1.15. The van der Waals surface area contributed by atoms with Crippen LogP contribution in [0.15, 0.2) is 36.7 Å². The summed E-state index contributed by atoms with van der Waals surface area (Å²) in [7, 11) is 0. The van der Waals surface area contributed by atoms with Crippen LogP contribution in [0.25, 0.3) is 0 Å². The second-order valence-electron chi connectivity index (χ2n) is 2.92. The molecule has 12 heavy (non-hydrogen) atoms. The van der Waals surface area contributed by atoms with E-state index in [2.05, 4.69) is 11.6 Å². The van der Waals surface area contributed by atoms with Crippen molar-refractivity contribution in [3.63, 3.8) is 0 Å². The summed E-state index contributed by atoms with van der Waals surface area (Å²) < 4.78 is 0. The van der Waals surface area contributed by atoms with Gasteiger partial charge in [-0.15, -0.1) is 0 Å². The maximum absolute atomic E-state index is 9.46. The molecule has 0 saturated heterocycles. The minimum atomic E-state index is -0.438. The summed E-state index contributed by atoms with van der Waals surface area (Å²) >= 11 is 0. The molecule has 0 bridgehead atoms. The highest BCUT2D eigenvalue weighted by atomic mass is 16.3. The van der Waals surface area contributed by atoms with Crippen LogP contribution in [0.3, 0.4) is 0 Å². The zero-order valence-electron chi connectivity index (χ0n) is 7.20. The molecular formula is C10H13NO. The van der Waals surface area contributed by atoms with Gasteiger partial charge in [0.15, 0.2) is 0 Å². The number of aliphatic hydroxyl groups excluding tert-OH is 1. The summed E-state index contributed by atoms with van der Waals surface area (Å²) in [4.78, 5) is 3.89. The number of pyridine rings is 1. The predicted molar refractivity (Wildman–Crippen MR) is 48.8 cm³/mol. The van der Waals surface area contributed by atoms with Crippen LogP contribution >= 0.6 is 0 Å². The number of nitrogens with zero attached hydrogens (tertiary/aromatic N) is 1. The first-order valence-electron chi connectivity index (χ1n) is 3.92. The summed E-state index contributed by atoms with van der Waals surface area (Å²) in [5, 5.41) is 9.46. The van der Waals surface area contributed by atoms with E-state index in [4.69, 9.17) is 0 Å². The largest absolute Gasteiger partial charge is 0.388 e. The van der Waals surface area contributed by atoms with Gasteiger partial charge in [0.1, 0.15) is 0 Å². The first-order valence-corrected chi connectivity index (χ1v) is 3.92. The molecule has 0 radical (unpaired) electrons. The molecule has 2 heteroatoms. The van der Waals surface area contributed by atoms with Crippen molar-refractivity contribution >= 4 is 0 Å². The highest BCUT2D eigenvalue weighted by Crippen LogP contribution is 2.06. The molecule has 0 aliphatic heterocycles. The van der Waals surface area contributed by atoms with Crippen molar-refractivity contribution in [3.8, 4) is 0 Å². The molecule has 0 saturated carbocycles. The Balaban J connectivity index is 2.58. The summed E-state index contributed by atoms with van der Waals surface area (Å²) in [5.74, 6) is 0. The van der Waals surface area contributed by atoms with E-state index in [1.165, 1.54) is 0 Å². The summed E-state index contributed by atoms with van der Waals surface area (Å²) in [6.45, 7) is 5.51. The molecule has 64 valence electrons. The van der Waals surface area contributed by atoms with Crippen LogP contribution in [-0.2, 0) is 6.42 Å².